The monoisotopic (exact) mass is 409 g/mol. The zero-order chi connectivity index (χ0) is 20.5. The Bertz CT molecular complexity index is 1090. The number of benzene rings is 1. The summed E-state index contributed by atoms with van der Waals surface area (Å²) in [6.45, 7) is 4.00. The number of carbonyl (C=O) groups excluding carboxylic acids is 3. The molecule has 0 saturated carbocycles. The Labute approximate surface area is 171 Å². The zero-order valence-corrected chi connectivity index (χ0v) is 16.7. The fourth-order valence-electron chi connectivity index (χ4n) is 3.36. The number of imide groups is 1. The lowest BCUT2D eigenvalue weighted by molar-refractivity contribution is -0.125. The quantitative estimate of drug-likeness (QED) is 0.634. The van der Waals surface area contributed by atoms with Crippen molar-refractivity contribution in [1.29, 1.82) is 0 Å². The topological polar surface area (TPSA) is 96.3 Å². The molecule has 3 aromatic rings. The predicted octanol–water partition coefficient (Wildman–Crippen LogP) is 2.85. The summed E-state index contributed by atoms with van der Waals surface area (Å²) in [5.41, 5.74) is 3.65. The Morgan fingerprint density at radius 3 is 2.79 bits per heavy atom. The van der Waals surface area contributed by atoms with Gasteiger partial charge in [-0.15, -0.1) is 11.3 Å². The number of carbonyl (C=O) groups is 3. The van der Waals surface area contributed by atoms with Crippen LogP contribution in [0.25, 0.3) is 5.13 Å². The van der Waals surface area contributed by atoms with Gasteiger partial charge in [-0.25, -0.2) is 9.78 Å². The van der Waals surface area contributed by atoms with Crippen molar-refractivity contribution in [3.63, 3.8) is 0 Å². The van der Waals surface area contributed by atoms with E-state index >= 15 is 0 Å². The minimum absolute atomic E-state index is 0.0178. The Morgan fingerprint density at radius 1 is 1.28 bits per heavy atom. The van der Waals surface area contributed by atoms with E-state index in [1.165, 1.54) is 11.3 Å². The molecule has 0 unspecified atom stereocenters. The van der Waals surface area contributed by atoms with Gasteiger partial charge >= 0.3 is 6.03 Å². The number of aromatic nitrogens is 2. The molecule has 148 valence electrons. The molecule has 1 aliphatic rings. The van der Waals surface area contributed by atoms with E-state index in [0.29, 0.717) is 11.3 Å². The van der Waals surface area contributed by atoms with Crippen molar-refractivity contribution in [2.75, 3.05) is 11.9 Å². The second kappa shape index (κ2) is 7.51. The van der Waals surface area contributed by atoms with Gasteiger partial charge in [0.2, 0.25) is 5.91 Å². The van der Waals surface area contributed by atoms with E-state index < -0.39 is 6.03 Å². The summed E-state index contributed by atoms with van der Waals surface area (Å²) in [7, 11) is 0. The minimum Gasteiger partial charge on any atom is -0.329 e. The largest absolute Gasteiger partial charge is 0.329 e. The van der Waals surface area contributed by atoms with Crippen molar-refractivity contribution in [3.05, 3.63) is 64.4 Å². The molecular weight excluding hydrogens is 390 g/mol. The van der Waals surface area contributed by atoms with Gasteiger partial charge in [-0.3, -0.25) is 19.1 Å². The first kappa shape index (κ1) is 18.9. The number of nitrogens with zero attached hydrogens (tertiary/aromatic N) is 3. The Kier molecular flexibility index (Phi) is 4.89. The Balaban J connectivity index is 1.53. The first-order valence-corrected chi connectivity index (χ1v) is 9.89. The summed E-state index contributed by atoms with van der Waals surface area (Å²) in [4.78, 5) is 41.8. The van der Waals surface area contributed by atoms with Crippen molar-refractivity contribution in [1.82, 2.24) is 19.8 Å². The number of hydrogen-bond acceptors (Lipinski definition) is 5. The van der Waals surface area contributed by atoms with E-state index in [4.69, 9.17) is 0 Å². The average molecular weight is 409 g/mol. The first-order chi connectivity index (χ1) is 13.9. The molecule has 3 heterocycles. The van der Waals surface area contributed by atoms with E-state index in [2.05, 4.69) is 15.6 Å². The van der Waals surface area contributed by atoms with Crippen LogP contribution < -0.4 is 10.6 Å². The predicted molar refractivity (Wildman–Crippen MR) is 109 cm³/mol. The molecule has 0 atom stereocenters. The number of hydrogen-bond donors (Lipinski definition) is 2. The highest BCUT2D eigenvalue weighted by atomic mass is 32.1. The fraction of sp³-hybridized carbons (Fsp3) is 0.200. The van der Waals surface area contributed by atoms with Crippen molar-refractivity contribution in [3.8, 4) is 5.13 Å². The molecule has 4 rings (SSSR count). The molecule has 2 aromatic heterocycles. The minimum atomic E-state index is -0.404. The van der Waals surface area contributed by atoms with Gasteiger partial charge in [-0.05, 0) is 37.6 Å². The van der Waals surface area contributed by atoms with Crippen molar-refractivity contribution < 1.29 is 14.4 Å². The number of anilines is 1. The summed E-state index contributed by atoms with van der Waals surface area (Å²) < 4.78 is 1.95. The van der Waals surface area contributed by atoms with Gasteiger partial charge in [0.25, 0.3) is 5.91 Å². The number of rotatable bonds is 5. The molecule has 29 heavy (non-hydrogen) atoms. The van der Waals surface area contributed by atoms with Crippen LogP contribution in [0.5, 0.6) is 0 Å². The van der Waals surface area contributed by atoms with Crippen molar-refractivity contribution >= 4 is 34.9 Å². The van der Waals surface area contributed by atoms with Crippen molar-refractivity contribution in [2.24, 2.45) is 0 Å². The smallest absolute Gasteiger partial charge is 0.324 e. The first-order valence-electron chi connectivity index (χ1n) is 9.01. The summed E-state index contributed by atoms with van der Waals surface area (Å²) in [5.74, 6) is -0.493. The summed E-state index contributed by atoms with van der Waals surface area (Å²) >= 11 is 1.51. The van der Waals surface area contributed by atoms with Gasteiger partial charge in [-0.2, -0.15) is 0 Å². The lowest BCUT2D eigenvalue weighted by atomic mass is 10.1. The maximum atomic E-state index is 12.9. The van der Waals surface area contributed by atoms with Crippen LogP contribution in [0.4, 0.5) is 10.5 Å². The third-order valence-corrected chi connectivity index (χ3v) is 5.51. The summed E-state index contributed by atoms with van der Waals surface area (Å²) in [6.07, 6.45) is 1.73. The molecule has 8 nitrogen and oxygen atoms in total. The summed E-state index contributed by atoms with van der Waals surface area (Å²) in [5, 5.41) is 8.10. The van der Waals surface area contributed by atoms with Crippen LogP contribution in [0.1, 0.15) is 27.3 Å². The van der Waals surface area contributed by atoms with Crippen LogP contribution in [-0.2, 0) is 11.3 Å². The van der Waals surface area contributed by atoms with E-state index in [1.807, 2.05) is 35.9 Å². The highest BCUT2D eigenvalue weighted by Gasteiger charge is 2.28. The second-order valence-corrected chi connectivity index (χ2v) is 7.60. The number of aryl methyl sites for hydroxylation is 1. The van der Waals surface area contributed by atoms with Crippen LogP contribution in [0.2, 0.25) is 0 Å². The molecule has 0 aliphatic carbocycles. The lowest BCUT2D eigenvalue weighted by Crippen LogP contribution is -2.30. The molecule has 0 radical (unpaired) electrons. The van der Waals surface area contributed by atoms with E-state index in [9.17, 15) is 14.4 Å². The third-order valence-electron chi connectivity index (χ3n) is 4.75. The number of thiazole rings is 1. The van der Waals surface area contributed by atoms with Gasteiger partial charge in [0.1, 0.15) is 0 Å². The molecule has 1 saturated heterocycles. The highest BCUT2D eigenvalue weighted by Crippen LogP contribution is 2.23. The van der Waals surface area contributed by atoms with Crippen LogP contribution in [-0.4, -0.2) is 38.8 Å². The molecule has 2 N–H and O–H groups in total. The van der Waals surface area contributed by atoms with E-state index in [1.54, 1.807) is 24.4 Å². The maximum Gasteiger partial charge on any atom is 0.324 e. The number of amides is 4. The maximum absolute atomic E-state index is 12.9. The van der Waals surface area contributed by atoms with Gasteiger partial charge in [0.05, 0.1) is 18.7 Å². The van der Waals surface area contributed by atoms with Crippen LogP contribution in [0.15, 0.2) is 41.9 Å². The molecule has 1 fully saturated rings. The highest BCUT2D eigenvalue weighted by molar-refractivity contribution is 7.12. The van der Waals surface area contributed by atoms with E-state index in [0.717, 1.165) is 27.0 Å². The van der Waals surface area contributed by atoms with Gasteiger partial charge in [0.15, 0.2) is 5.13 Å². The van der Waals surface area contributed by atoms with Crippen LogP contribution >= 0.6 is 11.3 Å². The Morgan fingerprint density at radius 2 is 2.10 bits per heavy atom. The van der Waals surface area contributed by atoms with Crippen LogP contribution in [0.3, 0.4) is 0 Å². The molecule has 1 aromatic carbocycles. The number of nitrogens with one attached hydrogen (secondary N) is 2. The second-order valence-electron chi connectivity index (χ2n) is 6.73. The average Bonchev–Trinajstić information content (AvgIpc) is 3.39. The van der Waals surface area contributed by atoms with Crippen LogP contribution in [0, 0.1) is 13.8 Å². The molecule has 9 heteroatoms. The normalized spacial score (nSPS) is 13.7. The molecule has 0 bridgehead atoms. The molecule has 1 aliphatic heterocycles. The fourth-order valence-corrected chi connectivity index (χ4v) is 4.11. The lowest BCUT2D eigenvalue weighted by Gasteiger charge is -2.13. The number of urea groups is 1. The Hall–Kier alpha value is -3.46. The zero-order valence-electron chi connectivity index (χ0n) is 15.9. The SMILES string of the molecule is Cc1cc(C(=O)Nc2cccc(CN3C(=O)CNC3=O)c2)c(C)n1-c1nccs1. The van der Waals surface area contributed by atoms with Gasteiger partial charge < -0.3 is 10.6 Å². The molecule has 4 amide bonds. The standard InChI is InChI=1S/C20H19N5O3S/c1-12-8-16(13(2)25(12)20-21-6-7-29-20)18(27)23-15-5-3-4-14(9-15)11-24-17(26)10-22-19(24)28/h3-9H,10-11H2,1-2H3,(H,22,28)(H,23,27). The molecular formula is C20H19N5O3S. The molecule has 0 spiro atoms. The van der Waals surface area contributed by atoms with Crippen molar-refractivity contribution in [2.45, 2.75) is 20.4 Å². The van der Waals surface area contributed by atoms with Gasteiger partial charge in [0, 0.05) is 28.7 Å². The van der Waals surface area contributed by atoms with E-state index in [-0.39, 0.29) is 24.9 Å². The van der Waals surface area contributed by atoms with Gasteiger partial charge in [-0.1, -0.05) is 12.1 Å². The summed E-state index contributed by atoms with van der Waals surface area (Å²) in [6, 6.07) is 8.55. The third kappa shape index (κ3) is 3.64.